The van der Waals surface area contributed by atoms with Crippen molar-refractivity contribution in [2.24, 2.45) is 0 Å². The summed E-state index contributed by atoms with van der Waals surface area (Å²) in [4.78, 5) is 22.9. The van der Waals surface area contributed by atoms with Crippen molar-refractivity contribution in [2.75, 3.05) is 18.3 Å². The third-order valence-electron chi connectivity index (χ3n) is 2.46. The number of thiazole rings is 1. The number of rotatable bonds is 4. The van der Waals surface area contributed by atoms with Crippen molar-refractivity contribution in [1.82, 2.24) is 4.98 Å². The molecule has 0 saturated heterocycles. The first kappa shape index (κ1) is 14.6. The second-order valence-corrected chi connectivity index (χ2v) is 7.34. The Bertz CT molecular complexity index is 667. The number of hydrogen-bond acceptors (Lipinski definition) is 6. The Hall–Kier alpha value is -0.790. The van der Waals surface area contributed by atoms with Crippen LogP contribution in [0.4, 0.5) is 5.13 Å². The topological polar surface area (TPSA) is 106 Å². The molecule has 4 N–H and O–H groups in total. The number of nitrogens with zero attached hydrogens (tertiary/aromatic N) is 1. The van der Waals surface area contributed by atoms with Crippen molar-refractivity contribution >= 4 is 46.0 Å². The maximum absolute atomic E-state index is 10.9. The molecule has 0 fully saturated rings. The molecule has 19 heavy (non-hydrogen) atoms. The number of benzene rings is 1. The Labute approximate surface area is 118 Å². The number of thioether (sulfide) groups is 1. The molecule has 0 amide bonds. The van der Waals surface area contributed by atoms with Gasteiger partial charge in [0.1, 0.15) is 11.3 Å². The van der Waals surface area contributed by atoms with Gasteiger partial charge in [0, 0.05) is 4.90 Å². The molecular weight excluding hydrogens is 307 g/mol. The van der Waals surface area contributed by atoms with Crippen LogP contribution < -0.4 is 10.5 Å². The molecule has 2 aromatic rings. The molecule has 1 heterocycles. The average Bonchev–Trinajstić information content (AvgIpc) is 2.69. The lowest BCUT2D eigenvalue weighted by atomic mass is 10.2. The zero-order valence-corrected chi connectivity index (χ0v) is 12.8. The lowest BCUT2D eigenvalue weighted by molar-refractivity contribution is 0.302. The molecule has 0 aliphatic rings. The van der Waals surface area contributed by atoms with E-state index in [0.29, 0.717) is 16.4 Å². The van der Waals surface area contributed by atoms with E-state index in [1.54, 1.807) is 6.07 Å². The molecule has 1 aromatic carbocycles. The fourth-order valence-corrected chi connectivity index (χ4v) is 3.50. The van der Waals surface area contributed by atoms with Crippen molar-refractivity contribution in [3.05, 3.63) is 11.6 Å². The van der Waals surface area contributed by atoms with Crippen LogP contribution in [0, 0.1) is 6.92 Å². The smallest absolute Gasteiger partial charge is 0.362 e. The summed E-state index contributed by atoms with van der Waals surface area (Å²) < 4.78 is 17.0. The van der Waals surface area contributed by atoms with Gasteiger partial charge in [-0.25, -0.2) is 4.98 Å². The molecular formula is C10H13N2O4PS2. The van der Waals surface area contributed by atoms with Crippen molar-refractivity contribution in [3.8, 4) is 5.75 Å². The first-order valence-electron chi connectivity index (χ1n) is 5.23. The van der Waals surface area contributed by atoms with E-state index < -0.39 is 13.9 Å². The zero-order valence-electron chi connectivity index (χ0n) is 10.3. The van der Waals surface area contributed by atoms with E-state index in [2.05, 4.69) is 4.98 Å². The predicted octanol–water partition coefficient (Wildman–Crippen LogP) is 2.42. The first-order valence-corrected chi connectivity index (χ1v) is 9.06. The van der Waals surface area contributed by atoms with Gasteiger partial charge in [0.25, 0.3) is 0 Å². The molecule has 6 nitrogen and oxygen atoms in total. The summed E-state index contributed by atoms with van der Waals surface area (Å²) in [6.45, 7) is 1.96. The van der Waals surface area contributed by atoms with Crippen LogP contribution in [0.3, 0.4) is 0 Å². The third-order valence-corrected chi connectivity index (χ3v) is 4.79. The molecule has 2 rings (SSSR count). The third kappa shape index (κ3) is 3.21. The second kappa shape index (κ2) is 5.30. The van der Waals surface area contributed by atoms with Crippen LogP contribution in [0.15, 0.2) is 11.0 Å². The lowest BCUT2D eigenvalue weighted by Gasteiger charge is -2.11. The maximum atomic E-state index is 10.9. The van der Waals surface area contributed by atoms with Crippen LogP contribution >= 0.6 is 30.7 Å². The largest absolute Gasteiger partial charge is 0.479 e. The van der Waals surface area contributed by atoms with E-state index in [4.69, 9.17) is 20.3 Å². The van der Waals surface area contributed by atoms with E-state index in [9.17, 15) is 4.57 Å². The number of nitrogen functional groups attached to an aromatic ring is 1. The van der Waals surface area contributed by atoms with E-state index in [1.165, 1.54) is 23.1 Å². The highest BCUT2D eigenvalue weighted by atomic mass is 32.2. The molecule has 1 aromatic heterocycles. The summed E-state index contributed by atoms with van der Waals surface area (Å²) in [5, 5.41) is 0.400. The number of fused-ring (bicyclic) bond motifs is 1. The van der Waals surface area contributed by atoms with Gasteiger partial charge in [-0.05, 0) is 24.8 Å². The molecule has 0 atom stereocenters. The van der Waals surface area contributed by atoms with E-state index in [-0.39, 0.29) is 0 Å². The van der Waals surface area contributed by atoms with Gasteiger partial charge in [-0.1, -0.05) is 11.3 Å². The summed E-state index contributed by atoms with van der Waals surface area (Å²) in [5.74, 6) is 0.348. The minimum Gasteiger partial charge on any atom is -0.479 e. The standard InChI is InChI=1S/C10H13N2O4PS2/c1-5-7(18-2)3-6(16-4-17(13,14)15)8-9(5)19-10(11)12-8/h3H,4H2,1-2H3,(H2,11,12)(H2,13,14,15). The summed E-state index contributed by atoms with van der Waals surface area (Å²) in [6, 6.07) is 1.73. The Morgan fingerprint density at radius 3 is 2.84 bits per heavy atom. The minimum atomic E-state index is -4.22. The number of hydrogen-bond donors (Lipinski definition) is 3. The van der Waals surface area contributed by atoms with Crippen molar-refractivity contribution in [1.29, 1.82) is 0 Å². The predicted molar refractivity (Wildman–Crippen MR) is 78.1 cm³/mol. The Kier molecular flexibility index (Phi) is 4.08. The fourth-order valence-electron chi connectivity index (χ4n) is 1.64. The monoisotopic (exact) mass is 320 g/mol. The van der Waals surface area contributed by atoms with Crippen LogP contribution in [0.5, 0.6) is 5.75 Å². The van der Waals surface area contributed by atoms with Gasteiger partial charge >= 0.3 is 7.60 Å². The summed E-state index contributed by atoms with van der Waals surface area (Å²) >= 11 is 2.87. The molecule has 0 unspecified atom stereocenters. The SMILES string of the molecule is CSc1cc(OCP(=O)(O)O)c2nc(N)sc2c1C. The van der Waals surface area contributed by atoms with Crippen LogP contribution in [-0.2, 0) is 4.57 Å². The Morgan fingerprint density at radius 2 is 2.26 bits per heavy atom. The van der Waals surface area contributed by atoms with E-state index in [0.717, 1.165) is 15.2 Å². The molecule has 0 saturated carbocycles. The van der Waals surface area contributed by atoms with Crippen LogP contribution in [0.1, 0.15) is 5.56 Å². The normalized spacial score (nSPS) is 12.0. The molecule has 0 bridgehead atoms. The van der Waals surface area contributed by atoms with Crippen LogP contribution in [0.2, 0.25) is 0 Å². The summed E-state index contributed by atoms with van der Waals surface area (Å²) in [5.41, 5.74) is 7.28. The number of aryl methyl sites for hydroxylation is 1. The molecule has 104 valence electrons. The van der Waals surface area contributed by atoms with Gasteiger partial charge < -0.3 is 20.3 Å². The Balaban J connectivity index is 2.53. The van der Waals surface area contributed by atoms with Gasteiger partial charge in [0.05, 0.1) is 4.70 Å². The summed E-state index contributed by atoms with van der Waals surface area (Å²) in [7, 11) is -4.22. The van der Waals surface area contributed by atoms with Crippen molar-refractivity contribution in [3.63, 3.8) is 0 Å². The van der Waals surface area contributed by atoms with E-state index in [1.807, 2.05) is 13.2 Å². The van der Waals surface area contributed by atoms with Gasteiger partial charge in [-0.15, -0.1) is 11.8 Å². The number of aromatic nitrogens is 1. The average molecular weight is 320 g/mol. The zero-order chi connectivity index (χ0) is 14.2. The summed E-state index contributed by atoms with van der Waals surface area (Å²) in [6.07, 6.45) is 1.25. The number of anilines is 1. The highest BCUT2D eigenvalue weighted by Crippen LogP contribution is 2.41. The molecule has 0 aliphatic carbocycles. The van der Waals surface area contributed by atoms with Crippen molar-refractivity contribution < 1.29 is 19.1 Å². The second-order valence-electron chi connectivity index (χ2n) is 3.87. The molecule has 0 spiro atoms. The minimum absolute atomic E-state index is 0.348. The lowest BCUT2D eigenvalue weighted by Crippen LogP contribution is -1.99. The van der Waals surface area contributed by atoms with Gasteiger partial charge in [0.15, 0.2) is 11.5 Å². The number of ether oxygens (including phenoxy) is 1. The van der Waals surface area contributed by atoms with E-state index >= 15 is 0 Å². The van der Waals surface area contributed by atoms with Crippen LogP contribution in [0.25, 0.3) is 10.2 Å². The van der Waals surface area contributed by atoms with Gasteiger partial charge in [-0.2, -0.15) is 0 Å². The van der Waals surface area contributed by atoms with Crippen molar-refractivity contribution in [2.45, 2.75) is 11.8 Å². The maximum Gasteiger partial charge on any atom is 0.362 e. The first-order chi connectivity index (χ1) is 8.81. The van der Waals surface area contributed by atoms with Gasteiger partial charge in [-0.3, -0.25) is 4.57 Å². The fraction of sp³-hybridized carbons (Fsp3) is 0.300. The molecule has 0 radical (unpaired) electrons. The Morgan fingerprint density at radius 1 is 1.58 bits per heavy atom. The highest BCUT2D eigenvalue weighted by molar-refractivity contribution is 7.98. The molecule has 9 heteroatoms. The number of nitrogens with two attached hydrogens (primary N) is 1. The quantitative estimate of drug-likeness (QED) is 0.587. The van der Waals surface area contributed by atoms with Gasteiger partial charge in [0.2, 0.25) is 0 Å². The molecule has 0 aliphatic heterocycles. The van der Waals surface area contributed by atoms with Crippen LogP contribution in [-0.4, -0.2) is 27.4 Å². The highest BCUT2D eigenvalue weighted by Gasteiger charge is 2.18.